The Morgan fingerprint density at radius 1 is 1.20 bits per heavy atom. The Balaban J connectivity index is 2.06. The van der Waals surface area contributed by atoms with Crippen molar-refractivity contribution in [3.05, 3.63) is 0 Å². The largest absolute Gasteiger partial charge is 0.444 e. The van der Waals surface area contributed by atoms with Crippen LogP contribution in [0.25, 0.3) is 0 Å². The number of methoxy groups -OCH3 is 1. The summed E-state index contributed by atoms with van der Waals surface area (Å²) >= 11 is 0. The van der Waals surface area contributed by atoms with Crippen LogP contribution in [-0.2, 0) is 14.3 Å². The molecule has 1 aliphatic carbocycles. The SMILES string of the molecule is CO[C@@H]1CCN(C(=O)OC(C)(C)C)[C@@H]1C(=O)NC1CCCC(C)(C)C1. The van der Waals surface area contributed by atoms with Crippen molar-refractivity contribution in [2.75, 3.05) is 13.7 Å². The van der Waals surface area contributed by atoms with Gasteiger partial charge in [0.25, 0.3) is 0 Å². The van der Waals surface area contributed by atoms with Gasteiger partial charge in [-0.25, -0.2) is 4.79 Å². The van der Waals surface area contributed by atoms with Crippen molar-refractivity contribution in [1.82, 2.24) is 10.2 Å². The normalized spacial score (nSPS) is 29.4. The van der Waals surface area contributed by atoms with Crippen molar-refractivity contribution in [3.63, 3.8) is 0 Å². The smallest absolute Gasteiger partial charge is 0.411 e. The molecule has 0 aromatic carbocycles. The van der Waals surface area contributed by atoms with Crippen LogP contribution in [0.3, 0.4) is 0 Å². The lowest BCUT2D eigenvalue weighted by Gasteiger charge is -2.37. The summed E-state index contributed by atoms with van der Waals surface area (Å²) in [6, 6.07) is -0.459. The Hall–Kier alpha value is -1.30. The molecule has 2 rings (SSSR count). The molecule has 1 saturated carbocycles. The van der Waals surface area contributed by atoms with E-state index < -0.39 is 17.7 Å². The van der Waals surface area contributed by atoms with E-state index in [0.29, 0.717) is 13.0 Å². The standard InChI is InChI=1S/C19H34N2O4/c1-18(2,3)25-17(23)21-11-9-14(24-6)15(21)16(22)20-13-8-7-10-19(4,5)12-13/h13-15H,7-12H2,1-6H3,(H,20,22)/t13?,14-,15+/m1/s1. The van der Waals surface area contributed by atoms with Crippen LogP contribution in [0.2, 0.25) is 0 Å². The Morgan fingerprint density at radius 2 is 1.88 bits per heavy atom. The van der Waals surface area contributed by atoms with Crippen molar-refractivity contribution in [1.29, 1.82) is 0 Å². The maximum atomic E-state index is 12.9. The van der Waals surface area contributed by atoms with Gasteiger partial charge < -0.3 is 14.8 Å². The predicted molar refractivity (Wildman–Crippen MR) is 96.3 cm³/mol. The van der Waals surface area contributed by atoms with Gasteiger partial charge in [-0.3, -0.25) is 9.69 Å². The van der Waals surface area contributed by atoms with E-state index in [1.54, 1.807) is 7.11 Å². The topological polar surface area (TPSA) is 67.9 Å². The summed E-state index contributed by atoms with van der Waals surface area (Å²) < 4.78 is 10.9. The van der Waals surface area contributed by atoms with Crippen LogP contribution in [0, 0.1) is 5.41 Å². The summed E-state index contributed by atoms with van der Waals surface area (Å²) in [6.07, 6.45) is 4.17. The van der Waals surface area contributed by atoms with Crippen molar-refractivity contribution in [2.45, 2.75) is 90.5 Å². The molecule has 2 amide bonds. The predicted octanol–water partition coefficient (Wildman–Crippen LogP) is 3.10. The van der Waals surface area contributed by atoms with E-state index in [1.165, 1.54) is 11.3 Å². The summed E-state index contributed by atoms with van der Waals surface area (Å²) in [5, 5.41) is 3.16. The molecule has 2 aliphatic rings. The van der Waals surface area contributed by atoms with Gasteiger partial charge in [-0.05, 0) is 51.9 Å². The monoisotopic (exact) mass is 354 g/mol. The highest BCUT2D eigenvalue weighted by Crippen LogP contribution is 2.35. The number of amides is 2. The second kappa shape index (κ2) is 7.52. The minimum Gasteiger partial charge on any atom is -0.444 e. The zero-order valence-electron chi connectivity index (χ0n) is 16.6. The molecule has 1 saturated heterocycles. The quantitative estimate of drug-likeness (QED) is 0.846. The van der Waals surface area contributed by atoms with Crippen molar-refractivity contribution in [3.8, 4) is 0 Å². The highest BCUT2D eigenvalue weighted by atomic mass is 16.6. The number of likely N-dealkylation sites (tertiary alicyclic amines) is 1. The van der Waals surface area contributed by atoms with E-state index in [-0.39, 0.29) is 23.5 Å². The molecular formula is C19H34N2O4. The third-order valence-corrected chi connectivity index (χ3v) is 5.09. The Labute approximate surface area is 151 Å². The molecule has 1 N–H and O–H groups in total. The molecule has 0 bridgehead atoms. The molecule has 0 aromatic rings. The number of carbonyl (C=O) groups excluding carboxylic acids is 2. The highest BCUT2D eigenvalue weighted by Gasteiger charge is 2.44. The van der Waals surface area contributed by atoms with Gasteiger partial charge >= 0.3 is 6.09 Å². The first-order valence-electron chi connectivity index (χ1n) is 9.35. The van der Waals surface area contributed by atoms with Gasteiger partial charge in [0.15, 0.2) is 0 Å². The number of nitrogens with one attached hydrogen (secondary N) is 1. The van der Waals surface area contributed by atoms with Crippen LogP contribution < -0.4 is 5.32 Å². The van der Waals surface area contributed by atoms with E-state index >= 15 is 0 Å². The van der Waals surface area contributed by atoms with Crippen LogP contribution in [0.5, 0.6) is 0 Å². The first-order chi connectivity index (χ1) is 11.5. The first kappa shape index (κ1) is 20.0. The molecule has 6 heteroatoms. The lowest BCUT2D eigenvalue weighted by Crippen LogP contribution is -2.54. The van der Waals surface area contributed by atoms with E-state index in [4.69, 9.17) is 9.47 Å². The molecule has 0 spiro atoms. The van der Waals surface area contributed by atoms with Crippen LogP contribution in [0.1, 0.15) is 66.7 Å². The zero-order valence-corrected chi connectivity index (χ0v) is 16.6. The number of hydrogen-bond acceptors (Lipinski definition) is 4. The van der Waals surface area contributed by atoms with Crippen LogP contribution in [0.15, 0.2) is 0 Å². The maximum Gasteiger partial charge on any atom is 0.411 e. The van der Waals surface area contributed by atoms with Gasteiger partial charge in [-0.1, -0.05) is 20.3 Å². The molecule has 144 valence electrons. The summed E-state index contributed by atoms with van der Waals surface area (Å²) in [7, 11) is 1.59. The minimum absolute atomic E-state index is 0.127. The van der Waals surface area contributed by atoms with Gasteiger partial charge in [0.1, 0.15) is 11.6 Å². The van der Waals surface area contributed by atoms with Crippen molar-refractivity contribution >= 4 is 12.0 Å². The molecule has 1 unspecified atom stereocenters. The Kier molecular flexibility index (Phi) is 6.02. The highest BCUT2D eigenvalue weighted by molar-refractivity contribution is 5.87. The number of rotatable bonds is 3. The van der Waals surface area contributed by atoms with E-state index in [9.17, 15) is 9.59 Å². The van der Waals surface area contributed by atoms with E-state index in [2.05, 4.69) is 19.2 Å². The summed E-state index contributed by atoms with van der Waals surface area (Å²) in [5.41, 5.74) is -0.339. The molecule has 1 aliphatic heterocycles. The van der Waals surface area contributed by atoms with Crippen molar-refractivity contribution < 1.29 is 19.1 Å². The molecule has 2 fully saturated rings. The molecule has 1 heterocycles. The molecule has 3 atom stereocenters. The summed E-state index contributed by atoms with van der Waals surface area (Å²) in [5.74, 6) is -0.127. The average Bonchev–Trinajstić information content (AvgIpc) is 2.88. The van der Waals surface area contributed by atoms with Crippen LogP contribution in [0.4, 0.5) is 4.79 Å². The molecule has 0 radical (unpaired) electrons. The lowest BCUT2D eigenvalue weighted by atomic mass is 9.75. The molecule has 25 heavy (non-hydrogen) atoms. The number of carbonyl (C=O) groups is 2. The first-order valence-corrected chi connectivity index (χ1v) is 9.35. The summed E-state index contributed by atoms with van der Waals surface area (Å²) in [6.45, 7) is 10.4. The number of hydrogen-bond donors (Lipinski definition) is 1. The minimum atomic E-state index is -0.620. The Morgan fingerprint density at radius 3 is 2.44 bits per heavy atom. The van der Waals surface area contributed by atoms with Crippen LogP contribution in [-0.4, -0.2) is 54.3 Å². The van der Waals surface area contributed by atoms with Gasteiger partial charge in [0, 0.05) is 19.7 Å². The number of nitrogens with zero attached hydrogens (tertiary/aromatic N) is 1. The van der Waals surface area contributed by atoms with Gasteiger partial charge in [-0.2, -0.15) is 0 Å². The zero-order chi connectivity index (χ0) is 18.8. The molecular weight excluding hydrogens is 320 g/mol. The molecule has 6 nitrogen and oxygen atoms in total. The lowest BCUT2D eigenvalue weighted by molar-refractivity contribution is -0.129. The average molecular weight is 354 g/mol. The second-order valence-corrected chi connectivity index (χ2v) is 9.15. The third-order valence-electron chi connectivity index (χ3n) is 5.09. The number of ether oxygens (including phenoxy) is 2. The maximum absolute atomic E-state index is 12.9. The van der Waals surface area contributed by atoms with Crippen LogP contribution >= 0.6 is 0 Å². The van der Waals surface area contributed by atoms with Gasteiger partial charge in [0.05, 0.1) is 6.10 Å². The molecule has 0 aromatic heterocycles. The Bertz CT molecular complexity index is 498. The fourth-order valence-corrected chi connectivity index (χ4v) is 3.95. The fraction of sp³-hybridized carbons (Fsp3) is 0.895. The second-order valence-electron chi connectivity index (χ2n) is 9.15. The van der Waals surface area contributed by atoms with Crippen molar-refractivity contribution in [2.24, 2.45) is 5.41 Å². The van der Waals surface area contributed by atoms with Gasteiger partial charge in [0.2, 0.25) is 5.91 Å². The third kappa shape index (κ3) is 5.33. The summed E-state index contributed by atoms with van der Waals surface area (Å²) in [4.78, 5) is 27.0. The fourth-order valence-electron chi connectivity index (χ4n) is 3.95. The van der Waals surface area contributed by atoms with E-state index in [0.717, 1.165) is 19.3 Å². The van der Waals surface area contributed by atoms with Gasteiger partial charge in [-0.15, -0.1) is 0 Å². The van der Waals surface area contributed by atoms with E-state index in [1.807, 2.05) is 20.8 Å².